The van der Waals surface area contributed by atoms with Crippen LogP contribution in [0, 0.1) is 0 Å². The minimum absolute atomic E-state index is 0.0440. The summed E-state index contributed by atoms with van der Waals surface area (Å²) in [5, 5.41) is 2.76. The van der Waals surface area contributed by atoms with E-state index in [1.165, 1.54) is 30.2 Å². The zero-order valence-electron chi connectivity index (χ0n) is 16.9. The Hall–Kier alpha value is -1.88. The van der Waals surface area contributed by atoms with Gasteiger partial charge in [0.25, 0.3) is 0 Å². The monoisotopic (exact) mass is 470 g/mol. The van der Waals surface area contributed by atoms with Gasteiger partial charge in [-0.3, -0.25) is 4.79 Å². The van der Waals surface area contributed by atoms with Crippen LogP contribution in [0.4, 0.5) is 0 Å². The van der Waals surface area contributed by atoms with Gasteiger partial charge in [0.2, 0.25) is 15.9 Å². The second-order valence-corrected chi connectivity index (χ2v) is 11.7. The zero-order valence-corrected chi connectivity index (χ0v) is 19.3. The van der Waals surface area contributed by atoms with Crippen LogP contribution in [0.15, 0.2) is 59.5 Å². The molecule has 2 aromatic rings. The van der Waals surface area contributed by atoms with E-state index in [2.05, 4.69) is 10.0 Å². The number of hydrogen-bond donors (Lipinski definition) is 2. The molecule has 0 radical (unpaired) electrons. The summed E-state index contributed by atoms with van der Waals surface area (Å²) in [7, 11) is -6.93. The lowest BCUT2D eigenvalue weighted by molar-refractivity contribution is -0.122. The number of sulfone groups is 1. The minimum Gasteiger partial charge on any atom is -0.351 e. The van der Waals surface area contributed by atoms with Crippen LogP contribution in [0.1, 0.15) is 17.5 Å². The maximum atomic E-state index is 12.7. The number of carbonyl (C=O) groups excluding carboxylic acids is 1. The fraction of sp³-hybridized carbons (Fsp3) is 0.350. The molecule has 30 heavy (non-hydrogen) atoms. The topological polar surface area (TPSA) is 109 Å². The molecule has 0 heterocycles. The predicted octanol–water partition coefficient (Wildman–Crippen LogP) is 1.95. The molecule has 10 heteroatoms. The molecular weight excluding hydrogens is 444 g/mol. The summed E-state index contributed by atoms with van der Waals surface area (Å²) in [6.07, 6.45) is 3.41. The van der Waals surface area contributed by atoms with Gasteiger partial charge >= 0.3 is 0 Å². The van der Waals surface area contributed by atoms with Crippen LogP contribution in [0.25, 0.3) is 0 Å². The molecule has 164 valence electrons. The van der Waals surface area contributed by atoms with Crippen molar-refractivity contribution in [3.05, 3.63) is 65.7 Å². The van der Waals surface area contributed by atoms with Crippen molar-refractivity contribution >= 4 is 37.5 Å². The molecule has 0 saturated heterocycles. The lowest BCUT2D eigenvalue weighted by Crippen LogP contribution is -2.46. The fourth-order valence-electron chi connectivity index (χ4n) is 2.70. The highest BCUT2D eigenvalue weighted by atomic mass is 32.2. The molecule has 1 unspecified atom stereocenters. The molecule has 2 aromatic carbocycles. The minimum atomic E-state index is -3.82. The maximum Gasteiger partial charge on any atom is 0.241 e. The van der Waals surface area contributed by atoms with Crippen LogP contribution < -0.4 is 10.0 Å². The number of hydrogen-bond acceptors (Lipinski definition) is 6. The van der Waals surface area contributed by atoms with Crippen molar-refractivity contribution < 1.29 is 21.6 Å². The molecule has 0 aromatic heterocycles. The molecule has 0 spiro atoms. The van der Waals surface area contributed by atoms with Crippen LogP contribution in [0.3, 0.4) is 0 Å². The quantitative estimate of drug-likeness (QED) is 0.520. The second kappa shape index (κ2) is 10.9. The van der Waals surface area contributed by atoms with E-state index < -0.39 is 31.8 Å². The van der Waals surface area contributed by atoms with E-state index in [1.807, 2.05) is 6.26 Å². The highest BCUT2D eigenvalue weighted by Crippen LogP contribution is 2.11. The van der Waals surface area contributed by atoms with Gasteiger partial charge in [-0.1, -0.05) is 42.5 Å². The Morgan fingerprint density at radius 3 is 2.13 bits per heavy atom. The van der Waals surface area contributed by atoms with Crippen molar-refractivity contribution in [2.45, 2.75) is 29.7 Å². The van der Waals surface area contributed by atoms with E-state index in [0.29, 0.717) is 17.7 Å². The summed E-state index contributed by atoms with van der Waals surface area (Å²) in [4.78, 5) is 12.8. The van der Waals surface area contributed by atoms with E-state index in [4.69, 9.17) is 0 Å². The van der Waals surface area contributed by atoms with E-state index in [0.717, 1.165) is 5.56 Å². The van der Waals surface area contributed by atoms with Crippen molar-refractivity contribution in [1.82, 2.24) is 10.0 Å². The van der Waals surface area contributed by atoms with Gasteiger partial charge in [-0.05, 0) is 41.7 Å². The van der Waals surface area contributed by atoms with Crippen LogP contribution in [-0.2, 0) is 37.0 Å². The Kier molecular flexibility index (Phi) is 8.90. The smallest absolute Gasteiger partial charge is 0.241 e. The van der Waals surface area contributed by atoms with Gasteiger partial charge < -0.3 is 5.32 Å². The first-order valence-electron chi connectivity index (χ1n) is 9.20. The first kappa shape index (κ1) is 24.4. The summed E-state index contributed by atoms with van der Waals surface area (Å²) in [6, 6.07) is 13.9. The summed E-state index contributed by atoms with van der Waals surface area (Å²) >= 11 is 1.53. The molecule has 0 aliphatic heterocycles. The molecular formula is C20H26N2O5S3. The van der Waals surface area contributed by atoms with E-state index >= 15 is 0 Å². The molecule has 2 N–H and O–H groups in total. The summed E-state index contributed by atoms with van der Waals surface area (Å²) in [5.41, 5.74) is 1.45. The van der Waals surface area contributed by atoms with Crippen LogP contribution in [-0.4, -0.2) is 47.0 Å². The summed E-state index contributed by atoms with van der Waals surface area (Å²) < 4.78 is 50.4. The van der Waals surface area contributed by atoms with Crippen molar-refractivity contribution in [2.75, 3.05) is 18.3 Å². The maximum absolute atomic E-state index is 12.7. The number of carbonyl (C=O) groups is 1. The molecule has 2 rings (SSSR count). The Bertz CT molecular complexity index is 1040. The van der Waals surface area contributed by atoms with Gasteiger partial charge in [-0.15, -0.1) is 0 Å². The Balaban J connectivity index is 2.03. The average Bonchev–Trinajstić information content (AvgIpc) is 2.70. The lowest BCUT2D eigenvalue weighted by atomic mass is 10.1. The van der Waals surface area contributed by atoms with E-state index in [-0.39, 0.29) is 17.2 Å². The van der Waals surface area contributed by atoms with Gasteiger partial charge in [0.15, 0.2) is 9.84 Å². The van der Waals surface area contributed by atoms with Crippen LogP contribution in [0.2, 0.25) is 0 Å². The highest BCUT2D eigenvalue weighted by Gasteiger charge is 2.25. The van der Waals surface area contributed by atoms with Gasteiger partial charge in [0, 0.05) is 12.8 Å². The number of nitrogens with one attached hydrogen (secondary N) is 2. The average molecular weight is 471 g/mol. The third kappa shape index (κ3) is 8.10. The first-order chi connectivity index (χ1) is 14.1. The largest absolute Gasteiger partial charge is 0.351 e. The van der Waals surface area contributed by atoms with Crippen molar-refractivity contribution in [3.63, 3.8) is 0 Å². The molecule has 1 atom stereocenters. The van der Waals surface area contributed by atoms with E-state index in [1.54, 1.807) is 42.5 Å². The molecule has 0 aliphatic rings. The third-order valence-corrected chi connectivity index (χ3v) is 7.19. The van der Waals surface area contributed by atoms with Crippen LogP contribution >= 0.6 is 11.8 Å². The number of benzene rings is 2. The van der Waals surface area contributed by atoms with Crippen LogP contribution in [0.5, 0.6) is 0 Å². The predicted molar refractivity (Wildman–Crippen MR) is 120 cm³/mol. The van der Waals surface area contributed by atoms with Gasteiger partial charge in [0.1, 0.15) is 6.04 Å². The highest BCUT2D eigenvalue weighted by molar-refractivity contribution is 7.98. The molecule has 0 bridgehead atoms. The first-order valence-corrected chi connectivity index (χ1v) is 14.1. The lowest BCUT2D eigenvalue weighted by Gasteiger charge is -2.18. The normalized spacial score (nSPS) is 13.0. The standard InChI is InChI=1S/C20H26N2O5S3/c1-28-13-12-19(22-30(26,27)18-6-4-3-5-7-18)20(23)21-14-16-8-10-17(11-9-16)15-29(2,24)25/h3-11,19,22H,12-15H2,1-2H3,(H,21,23). The number of amides is 1. The Labute approximate surface area is 182 Å². The van der Waals surface area contributed by atoms with Crippen molar-refractivity contribution in [3.8, 4) is 0 Å². The second-order valence-electron chi connectivity index (χ2n) is 6.87. The number of rotatable bonds is 11. The zero-order chi connectivity index (χ0) is 22.2. The molecule has 0 saturated carbocycles. The SMILES string of the molecule is CSCCC(NS(=O)(=O)c1ccccc1)C(=O)NCc1ccc(CS(C)(=O)=O)cc1. The summed E-state index contributed by atoms with van der Waals surface area (Å²) in [6.45, 7) is 0.209. The van der Waals surface area contributed by atoms with Gasteiger partial charge in [0.05, 0.1) is 10.6 Å². The molecule has 0 aliphatic carbocycles. The number of thioether (sulfide) groups is 1. The Morgan fingerprint density at radius 1 is 0.967 bits per heavy atom. The van der Waals surface area contributed by atoms with Gasteiger partial charge in [-0.25, -0.2) is 16.8 Å². The number of sulfonamides is 1. The van der Waals surface area contributed by atoms with E-state index in [9.17, 15) is 21.6 Å². The molecule has 0 fully saturated rings. The van der Waals surface area contributed by atoms with Crippen molar-refractivity contribution in [1.29, 1.82) is 0 Å². The molecule has 1 amide bonds. The molecule has 7 nitrogen and oxygen atoms in total. The Morgan fingerprint density at radius 2 is 1.57 bits per heavy atom. The van der Waals surface area contributed by atoms with Gasteiger partial charge in [-0.2, -0.15) is 16.5 Å². The summed E-state index contributed by atoms with van der Waals surface area (Å²) in [5.74, 6) is 0.163. The third-order valence-electron chi connectivity index (χ3n) is 4.20. The fourth-order valence-corrected chi connectivity index (χ4v) is 5.22. The van der Waals surface area contributed by atoms with Crippen molar-refractivity contribution in [2.24, 2.45) is 0 Å².